The van der Waals surface area contributed by atoms with Gasteiger partial charge in [-0.25, -0.2) is 4.68 Å². The Hall–Kier alpha value is -3.71. The highest BCUT2D eigenvalue weighted by Gasteiger charge is 2.29. The van der Waals surface area contributed by atoms with Crippen molar-refractivity contribution in [1.82, 2.24) is 9.78 Å². The first-order valence-corrected chi connectivity index (χ1v) is 11.0. The molecule has 2 N–H and O–H groups in total. The van der Waals surface area contributed by atoms with Crippen molar-refractivity contribution in [3.63, 3.8) is 0 Å². The lowest BCUT2D eigenvalue weighted by atomic mass is 10.2. The average molecular weight is 429 g/mol. The number of benzene rings is 2. The Kier molecular flexibility index (Phi) is 5.09. The molecule has 2 aromatic carbocycles. The number of para-hydroxylation sites is 1. The molecular formula is C24H20N4O2S. The monoisotopic (exact) mass is 428 g/mol. The van der Waals surface area contributed by atoms with Gasteiger partial charge in [0.25, 0.3) is 11.8 Å². The molecule has 0 radical (unpaired) electrons. The summed E-state index contributed by atoms with van der Waals surface area (Å²) in [4.78, 5) is 26.1. The van der Waals surface area contributed by atoms with Crippen LogP contribution in [0.25, 0.3) is 5.69 Å². The Morgan fingerprint density at radius 3 is 2.29 bits per heavy atom. The number of hydrogen-bond acceptors (Lipinski definition) is 4. The largest absolute Gasteiger partial charge is 0.321 e. The van der Waals surface area contributed by atoms with E-state index in [4.69, 9.17) is 5.10 Å². The number of hydrogen-bond donors (Lipinski definition) is 2. The van der Waals surface area contributed by atoms with Gasteiger partial charge in [-0.15, -0.1) is 11.3 Å². The SMILES string of the molecule is O=C(Nc1cccc(NC(=O)c2cc(C3CC3)nn2-c2ccccc2)c1)c1cccs1. The van der Waals surface area contributed by atoms with Gasteiger partial charge in [-0.2, -0.15) is 5.10 Å². The summed E-state index contributed by atoms with van der Waals surface area (Å²) < 4.78 is 1.70. The van der Waals surface area contributed by atoms with Crippen LogP contribution in [-0.2, 0) is 0 Å². The predicted octanol–water partition coefficient (Wildman–Crippen LogP) is 5.32. The van der Waals surface area contributed by atoms with Gasteiger partial charge in [0.1, 0.15) is 5.69 Å². The number of aromatic nitrogens is 2. The molecule has 5 rings (SSSR count). The van der Waals surface area contributed by atoms with Crippen LogP contribution in [0.3, 0.4) is 0 Å². The molecule has 1 saturated carbocycles. The first-order valence-electron chi connectivity index (χ1n) is 10.1. The molecule has 0 atom stereocenters. The smallest absolute Gasteiger partial charge is 0.274 e. The van der Waals surface area contributed by atoms with E-state index in [2.05, 4.69) is 10.6 Å². The number of thiophene rings is 1. The number of anilines is 2. The van der Waals surface area contributed by atoms with Crippen LogP contribution >= 0.6 is 11.3 Å². The highest BCUT2D eigenvalue weighted by molar-refractivity contribution is 7.12. The van der Waals surface area contributed by atoms with Crippen LogP contribution in [0.5, 0.6) is 0 Å². The summed E-state index contributed by atoms with van der Waals surface area (Å²) in [6, 6.07) is 22.3. The quantitative estimate of drug-likeness (QED) is 0.437. The first-order chi connectivity index (χ1) is 15.2. The normalized spacial score (nSPS) is 13.0. The number of carbonyl (C=O) groups excluding carboxylic acids is 2. The number of carbonyl (C=O) groups is 2. The van der Waals surface area contributed by atoms with Gasteiger partial charge in [-0.1, -0.05) is 30.3 Å². The van der Waals surface area contributed by atoms with E-state index in [9.17, 15) is 9.59 Å². The Morgan fingerprint density at radius 1 is 0.871 bits per heavy atom. The summed E-state index contributed by atoms with van der Waals surface area (Å²) in [7, 11) is 0. The molecule has 0 spiro atoms. The van der Waals surface area contributed by atoms with Gasteiger partial charge < -0.3 is 10.6 Å². The highest BCUT2D eigenvalue weighted by atomic mass is 32.1. The molecular weight excluding hydrogens is 408 g/mol. The van der Waals surface area contributed by atoms with Crippen LogP contribution in [-0.4, -0.2) is 21.6 Å². The fourth-order valence-electron chi connectivity index (χ4n) is 3.38. The van der Waals surface area contributed by atoms with Crippen molar-refractivity contribution in [2.75, 3.05) is 10.6 Å². The zero-order valence-electron chi connectivity index (χ0n) is 16.6. The molecule has 1 fully saturated rings. The van der Waals surface area contributed by atoms with Crippen molar-refractivity contribution in [1.29, 1.82) is 0 Å². The summed E-state index contributed by atoms with van der Waals surface area (Å²) in [5.41, 5.74) is 3.50. The topological polar surface area (TPSA) is 76.0 Å². The third-order valence-electron chi connectivity index (χ3n) is 5.08. The van der Waals surface area contributed by atoms with Gasteiger partial charge in [0.2, 0.25) is 0 Å². The van der Waals surface area contributed by atoms with E-state index in [1.165, 1.54) is 11.3 Å². The van der Waals surface area contributed by atoms with E-state index in [1.54, 1.807) is 35.0 Å². The fraction of sp³-hybridized carbons (Fsp3) is 0.125. The number of amides is 2. The minimum absolute atomic E-state index is 0.172. The Balaban J connectivity index is 1.37. The van der Waals surface area contributed by atoms with Crippen LogP contribution in [0.4, 0.5) is 11.4 Å². The maximum absolute atomic E-state index is 13.1. The van der Waals surface area contributed by atoms with E-state index >= 15 is 0 Å². The van der Waals surface area contributed by atoms with Gasteiger partial charge in [0, 0.05) is 17.3 Å². The van der Waals surface area contributed by atoms with Crippen molar-refractivity contribution in [2.45, 2.75) is 18.8 Å². The molecule has 154 valence electrons. The molecule has 2 aromatic heterocycles. The number of nitrogens with zero attached hydrogens (tertiary/aromatic N) is 2. The van der Waals surface area contributed by atoms with E-state index in [0.717, 1.165) is 24.2 Å². The average Bonchev–Trinajstić information content (AvgIpc) is 3.30. The van der Waals surface area contributed by atoms with E-state index in [0.29, 0.717) is 27.9 Å². The predicted molar refractivity (Wildman–Crippen MR) is 122 cm³/mol. The Bertz CT molecular complexity index is 1230. The molecule has 0 saturated heterocycles. The lowest BCUT2D eigenvalue weighted by Gasteiger charge is -2.10. The van der Waals surface area contributed by atoms with Crippen LogP contribution in [0.1, 0.15) is 44.6 Å². The fourth-order valence-corrected chi connectivity index (χ4v) is 4.00. The molecule has 0 bridgehead atoms. The summed E-state index contributed by atoms with van der Waals surface area (Å²) in [5.74, 6) is 0.0204. The van der Waals surface area contributed by atoms with Crippen molar-refractivity contribution in [3.05, 3.63) is 94.4 Å². The third kappa shape index (κ3) is 4.27. The van der Waals surface area contributed by atoms with Crippen LogP contribution in [0, 0.1) is 0 Å². The third-order valence-corrected chi connectivity index (χ3v) is 5.95. The molecule has 2 amide bonds. The van der Waals surface area contributed by atoms with Crippen LogP contribution < -0.4 is 10.6 Å². The van der Waals surface area contributed by atoms with Crippen LogP contribution in [0.2, 0.25) is 0 Å². The Labute approximate surface area is 183 Å². The van der Waals surface area contributed by atoms with E-state index < -0.39 is 0 Å². The lowest BCUT2D eigenvalue weighted by molar-refractivity contribution is 0.101. The molecule has 2 heterocycles. The van der Waals surface area contributed by atoms with Crippen molar-refractivity contribution < 1.29 is 9.59 Å². The zero-order valence-corrected chi connectivity index (χ0v) is 17.4. The molecule has 7 heteroatoms. The van der Waals surface area contributed by atoms with Gasteiger partial charge in [-0.05, 0) is 60.7 Å². The molecule has 0 aliphatic heterocycles. The summed E-state index contributed by atoms with van der Waals surface area (Å²) in [6.45, 7) is 0. The van der Waals surface area contributed by atoms with E-state index in [1.807, 2.05) is 47.8 Å². The summed E-state index contributed by atoms with van der Waals surface area (Å²) >= 11 is 1.38. The van der Waals surface area contributed by atoms with Crippen LogP contribution in [0.15, 0.2) is 78.2 Å². The number of nitrogens with one attached hydrogen (secondary N) is 2. The van der Waals surface area contributed by atoms with Gasteiger partial charge in [-0.3, -0.25) is 9.59 Å². The zero-order chi connectivity index (χ0) is 21.2. The minimum atomic E-state index is -0.245. The summed E-state index contributed by atoms with van der Waals surface area (Å²) in [6.07, 6.45) is 2.22. The van der Waals surface area contributed by atoms with Crippen molar-refractivity contribution in [3.8, 4) is 5.69 Å². The standard InChI is InChI=1S/C24H20N4O2S/c29-23(21-15-20(16-11-12-16)27-28(21)19-8-2-1-3-9-19)25-17-6-4-7-18(14-17)26-24(30)22-10-5-13-31-22/h1-10,13-16H,11-12H2,(H,25,29)(H,26,30). The summed E-state index contributed by atoms with van der Waals surface area (Å²) in [5, 5.41) is 12.4. The van der Waals surface area contributed by atoms with E-state index in [-0.39, 0.29) is 11.8 Å². The number of rotatable bonds is 6. The van der Waals surface area contributed by atoms with Gasteiger partial charge in [0.15, 0.2) is 0 Å². The molecule has 0 unspecified atom stereocenters. The second-order valence-corrected chi connectivity index (χ2v) is 8.39. The first kappa shape index (κ1) is 19.3. The molecule has 4 aromatic rings. The van der Waals surface area contributed by atoms with Gasteiger partial charge >= 0.3 is 0 Å². The second-order valence-electron chi connectivity index (χ2n) is 7.44. The maximum Gasteiger partial charge on any atom is 0.274 e. The minimum Gasteiger partial charge on any atom is -0.321 e. The molecule has 1 aliphatic rings. The molecule has 6 nitrogen and oxygen atoms in total. The maximum atomic E-state index is 13.1. The van der Waals surface area contributed by atoms with Crippen molar-refractivity contribution >= 4 is 34.5 Å². The molecule has 31 heavy (non-hydrogen) atoms. The second kappa shape index (κ2) is 8.20. The Morgan fingerprint density at radius 2 is 1.61 bits per heavy atom. The molecule has 1 aliphatic carbocycles. The van der Waals surface area contributed by atoms with Gasteiger partial charge in [0.05, 0.1) is 16.3 Å². The lowest BCUT2D eigenvalue weighted by Crippen LogP contribution is -2.17. The van der Waals surface area contributed by atoms with Crippen molar-refractivity contribution in [2.24, 2.45) is 0 Å². The highest BCUT2D eigenvalue weighted by Crippen LogP contribution is 2.39.